The first kappa shape index (κ1) is 15.3. The van der Waals surface area contributed by atoms with Gasteiger partial charge < -0.3 is 5.32 Å². The maximum absolute atomic E-state index is 12.2. The van der Waals surface area contributed by atoms with Crippen molar-refractivity contribution in [2.24, 2.45) is 14.1 Å². The number of nitrogens with one attached hydrogen (secondary N) is 1. The van der Waals surface area contributed by atoms with Crippen LogP contribution < -0.4 is 5.32 Å². The molecule has 0 atom stereocenters. The van der Waals surface area contributed by atoms with Crippen molar-refractivity contribution in [2.75, 3.05) is 5.32 Å². The van der Waals surface area contributed by atoms with Crippen molar-refractivity contribution in [3.8, 4) is 0 Å². The van der Waals surface area contributed by atoms with E-state index in [-0.39, 0.29) is 5.91 Å². The lowest BCUT2D eigenvalue weighted by molar-refractivity contribution is -0.116. The van der Waals surface area contributed by atoms with Crippen molar-refractivity contribution in [2.45, 2.75) is 39.5 Å². The summed E-state index contributed by atoms with van der Waals surface area (Å²) in [6.45, 7) is 4.16. The predicted molar refractivity (Wildman–Crippen MR) is 82.1 cm³/mol. The van der Waals surface area contributed by atoms with Gasteiger partial charge in [-0.1, -0.05) is 13.8 Å². The first-order valence-corrected chi connectivity index (χ1v) is 7.38. The van der Waals surface area contributed by atoms with Gasteiger partial charge in [-0.25, -0.2) is 0 Å². The normalized spacial score (nSPS) is 10.9. The summed E-state index contributed by atoms with van der Waals surface area (Å²) in [6.07, 6.45) is 4.62. The number of carbonyl (C=O) groups excluding carboxylic acids is 1. The fourth-order valence-corrected chi connectivity index (χ4v) is 2.52. The van der Waals surface area contributed by atoms with Gasteiger partial charge in [0.05, 0.1) is 5.69 Å². The topological polar surface area (TPSA) is 64.7 Å². The van der Waals surface area contributed by atoms with Gasteiger partial charge in [0.25, 0.3) is 0 Å². The Bertz CT molecular complexity index is 626. The highest BCUT2D eigenvalue weighted by Gasteiger charge is 2.15. The molecule has 114 valence electrons. The number of nitrogens with zero attached hydrogens (tertiary/aromatic N) is 4. The summed E-state index contributed by atoms with van der Waals surface area (Å²) in [5.41, 5.74) is 3.25. The van der Waals surface area contributed by atoms with E-state index >= 15 is 0 Å². The first-order chi connectivity index (χ1) is 10.1. The Morgan fingerprint density at radius 2 is 2.00 bits per heavy atom. The molecule has 2 aromatic rings. The molecule has 0 fully saturated rings. The molecule has 0 saturated heterocycles. The van der Waals surface area contributed by atoms with Crippen LogP contribution in [-0.2, 0) is 38.2 Å². The highest BCUT2D eigenvalue weighted by Crippen LogP contribution is 2.20. The molecular formula is C15H23N5O. The minimum absolute atomic E-state index is 0.0107. The Kier molecular flexibility index (Phi) is 4.77. The maximum Gasteiger partial charge on any atom is 0.225 e. The lowest BCUT2D eigenvalue weighted by Crippen LogP contribution is -2.16. The van der Waals surface area contributed by atoms with E-state index in [0.29, 0.717) is 12.8 Å². The average Bonchev–Trinajstić information content (AvgIpc) is 3.00. The summed E-state index contributed by atoms with van der Waals surface area (Å²) in [5.74, 6) is 0.834. The van der Waals surface area contributed by atoms with E-state index in [1.807, 2.05) is 20.2 Å². The molecule has 0 radical (unpaired) electrons. The zero-order chi connectivity index (χ0) is 15.4. The molecule has 1 amide bonds. The lowest BCUT2D eigenvalue weighted by Gasteiger charge is -2.08. The summed E-state index contributed by atoms with van der Waals surface area (Å²) in [4.78, 5) is 12.2. The Morgan fingerprint density at radius 1 is 1.24 bits per heavy atom. The van der Waals surface area contributed by atoms with Gasteiger partial charge in [0.15, 0.2) is 0 Å². The Balaban J connectivity index is 2.03. The van der Waals surface area contributed by atoms with Crippen LogP contribution in [0.4, 0.5) is 5.82 Å². The number of rotatable bonds is 6. The molecular weight excluding hydrogens is 266 g/mol. The summed E-state index contributed by atoms with van der Waals surface area (Å²) < 4.78 is 3.56. The molecule has 6 nitrogen and oxygen atoms in total. The van der Waals surface area contributed by atoms with Gasteiger partial charge in [0.2, 0.25) is 5.91 Å². The zero-order valence-corrected chi connectivity index (χ0v) is 13.2. The number of carbonyl (C=O) groups is 1. The second-order valence-corrected chi connectivity index (χ2v) is 5.10. The molecule has 0 unspecified atom stereocenters. The van der Waals surface area contributed by atoms with Crippen LogP contribution in [0.15, 0.2) is 12.3 Å². The van der Waals surface area contributed by atoms with Crippen molar-refractivity contribution >= 4 is 11.7 Å². The minimum Gasteiger partial charge on any atom is -0.311 e. The first-order valence-electron chi connectivity index (χ1n) is 7.38. The van der Waals surface area contributed by atoms with E-state index in [1.165, 1.54) is 0 Å². The van der Waals surface area contributed by atoms with Crippen molar-refractivity contribution in [1.29, 1.82) is 0 Å². The van der Waals surface area contributed by atoms with Crippen LogP contribution in [0.5, 0.6) is 0 Å². The van der Waals surface area contributed by atoms with Crippen LogP contribution in [0.2, 0.25) is 0 Å². The molecule has 0 aliphatic rings. The third-order valence-corrected chi connectivity index (χ3v) is 3.71. The fourth-order valence-electron chi connectivity index (χ4n) is 2.52. The molecule has 0 bridgehead atoms. The third kappa shape index (κ3) is 3.32. The molecule has 2 aromatic heterocycles. The smallest absolute Gasteiger partial charge is 0.225 e. The van der Waals surface area contributed by atoms with Gasteiger partial charge in [-0.3, -0.25) is 14.2 Å². The van der Waals surface area contributed by atoms with E-state index in [2.05, 4.69) is 29.4 Å². The monoisotopic (exact) mass is 289 g/mol. The van der Waals surface area contributed by atoms with Gasteiger partial charge >= 0.3 is 0 Å². The highest BCUT2D eigenvalue weighted by atomic mass is 16.1. The molecule has 2 rings (SSSR count). The highest BCUT2D eigenvalue weighted by molar-refractivity contribution is 5.90. The van der Waals surface area contributed by atoms with Crippen LogP contribution in [0.3, 0.4) is 0 Å². The maximum atomic E-state index is 12.2. The van der Waals surface area contributed by atoms with Gasteiger partial charge in [0, 0.05) is 38.0 Å². The van der Waals surface area contributed by atoms with Crippen molar-refractivity contribution < 1.29 is 4.79 Å². The zero-order valence-electron chi connectivity index (χ0n) is 13.2. The van der Waals surface area contributed by atoms with Crippen LogP contribution >= 0.6 is 0 Å². The van der Waals surface area contributed by atoms with Crippen molar-refractivity contribution in [3.05, 3.63) is 29.2 Å². The predicted octanol–water partition coefficient (Wildman–Crippen LogP) is 1.85. The molecule has 0 aliphatic heterocycles. The van der Waals surface area contributed by atoms with Crippen molar-refractivity contribution in [1.82, 2.24) is 19.6 Å². The van der Waals surface area contributed by atoms with Gasteiger partial charge in [0.1, 0.15) is 5.82 Å². The summed E-state index contributed by atoms with van der Waals surface area (Å²) in [5, 5.41) is 11.6. The van der Waals surface area contributed by atoms with E-state index in [0.717, 1.165) is 35.6 Å². The summed E-state index contributed by atoms with van der Waals surface area (Å²) >= 11 is 0. The molecule has 0 aromatic carbocycles. The van der Waals surface area contributed by atoms with Gasteiger partial charge in [-0.15, -0.1) is 0 Å². The third-order valence-electron chi connectivity index (χ3n) is 3.71. The van der Waals surface area contributed by atoms with Crippen molar-refractivity contribution in [3.63, 3.8) is 0 Å². The molecule has 6 heteroatoms. The van der Waals surface area contributed by atoms with E-state index < -0.39 is 0 Å². The van der Waals surface area contributed by atoms with E-state index in [1.54, 1.807) is 15.6 Å². The molecule has 2 heterocycles. The van der Waals surface area contributed by atoms with Crippen LogP contribution in [0, 0.1) is 0 Å². The number of anilines is 1. The van der Waals surface area contributed by atoms with E-state index in [4.69, 9.17) is 0 Å². The molecule has 0 saturated carbocycles. The van der Waals surface area contributed by atoms with Gasteiger partial charge in [-0.2, -0.15) is 10.2 Å². The molecule has 21 heavy (non-hydrogen) atoms. The van der Waals surface area contributed by atoms with Crippen LogP contribution in [-0.4, -0.2) is 25.5 Å². The Hall–Kier alpha value is -2.11. The molecule has 0 aliphatic carbocycles. The molecule has 0 spiro atoms. The quantitative estimate of drug-likeness (QED) is 0.882. The standard InChI is InChI=1S/C15H23N5O/c1-5-12-13(6-2)18-20(4)15(12)17-14(21)8-7-11-9-10-16-19(11)3/h9-10H,5-8H2,1-4H3,(H,17,21). The second-order valence-electron chi connectivity index (χ2n) is 5.10. The van der Waals surface area contributed by atoms with Crippen LogP contribution in [0.1, 0.15) is 37.2 Å². The SMILES string of the molecule is CCc1nn(C)c(NC(=O)CCc2ccnn2C)c1CC. The summed E-state index contributed by atoms with van der Waals surface area (Å²) in [6, 6.07) is 1.93. The Labute approximate surface area is 125 Å². The fraction of sp³-hybridized carbons (Fsp3) is 0.533. The number of aryl methyl sites for hydroxylation is 4. The Morgan fingerprint density at radius 3 is 2.57 bits per heavy atom. The number of hydrogen-bond donors (Lipinski definition) is 1. The van der Waals surface area contributed by atoms with E-state index in [9.17, 15) is 4.79 Å². The molecule has 1 N–H and O–H groups in total. The average molecular weight is 289 g/mol. The number of aromatic nitrogens is 4. The lowest BCUT2D eigenvalue weighted by atomic mass is 10.1. The van der Waals surface area contributed by atoms with Gasteiger partial charge in [-0.05, 0) is 25.3 Å². The number of amides is 1. The second kappa shape index (κ2) is 6.56. The minimum atomic E-state index is 0.0107. The summed E-state index contributed by atoms with van der Waals surface area (Å²) in [7, 11) is 3.76. The number of hydrogen-bond acceptors (Lipinski definition) is 3. The largest absolute Gasteiger partial charge is 0.311 e. The van der Waals surface area contributed by atoms with Crippen LogP contribution in [0.25, 0.3) is 0 Å².